The van der Waals surface area contributed by atoms with E-state index in [4.69, 9.17) is 14.2 Å². The standard InChI is InChI=1S/C18H21NO5/c1-2-19-18(21)23-13-14(20)12-22-15-8-10-17(11-9-15)24-16-6-4-3-5-7-16/h3-11,14,20H,2,12-13H2,1H3,(H,19,21)/t14-/m0/s1. The number of nitrogens with one attached hydrogen (secondary N) is 1. The molecule has 0 radical (unpaired) electrons. The van der Waals surface area contributed by atoms with E-state index in [1.165, 1.54) is 0 Å². The number of ether oxygens (including phenoxy) is 3. The van der Waals surface area contributed by atoms with E-state index in [1.54, 1.807) is 31.2 Å². The molecule has 6 nitrogen and oxygen atoms in total. The predicted octanol–water partition coefficient (Wildman–Crippen LogP) is 2.96. The van der Waals surface area contributed by atoms with Crippen molar-refractivity contribution in [2.24, 2.45) is 0 Å². The first-order valence-electron chi connectivity index (χ1n) is 7.72. The molecule has 0 saturated carbocycles. The molecular weight excluding hydrogens is 310 g/mol. The van der Waals surface area contributed by atoms with Crippen molar-refractivity contribution < 1.29 is 24.1 Å². The molecule has 2 aromatic carbocycles. The molecule has 0 aliphatic carbocycles. The third kappa shape index (κ3) is 6.18. The Morgan fingerprint density at radius 1 is 1.00 bits per heavy atom. The Morgan fingerprint density at radius 2 is 1.62 bits per heavy atom. The molecule has 0 aromatic heterocycles. The monoisotopic (exact) mass is 331 g/mol. The number of para-hydroxylation sites is 1. The normalized spacial score (nSPS) is 11.4. The maximum atomic E-state index is 11.1. The number of alkyl carbamates (subject to hydrolysis) is 1. The first-order valence-corrected chi connectivity index (χ1v) is 7.72. The number of hydrogen-bond acceptors (Lipinski definition) is 5. The van der Waals surface area contributed by atoms with Crippen LogP contribution in [0.2, 0.25) is 0 Å². The summed E-state index contributed by atoms with van der Waals surface area (Å²) in [6.07, 6.45) is -1.45. The van der Waals surface area contributed by atoms with Gasteiger partial charge in [0.05, 0.1) is 0 Å². The quantitative estimate of drug-likeness (QED) is 0.778. The number of aliphatic hydroxyl groups excluding tert-OH is 1. The second-order valence-corrected chi connectivity index (χ2v) is 4.98. The molecule has 0 aliphatic rings. The van der Waals surface area contributed by atoms with Crippen LogP contribution in [-0.2, 0) is 4.74 Å². The predicted molar refractivity (Wildman–Crippen MR) is 89.5 cm³/mol. The smallest absolute Gasteiger partial charge is 0.407 e. The van der Waals surface area contributed by atoms with Gasteiger partial charge >= 0.3 is 6.09 Å². The Balaban J connectivity index is 1.74. The van der Waals surface area contributed by atoms with Gasteiger partial charge in [0, 0.05) is 6.54 Å². The van der Waals surface area contributed by atoms with E-state index in [1.807, 2.05) is 30.3 Å². The zero-order valence-electron chi connectivity index (χ0n) is 13.5. The van der Waals surface area contributed by atoms with Gasteiger partial charge in [0.15, 0.2) is 0 Å². The van der Waals surface area contributed by atoms with E-state index in [9.17, 15) is 9.90 Å². The number of hydrogen-bond donors (Lipinski definition) is 2. The molecule has 0 unspecified atom stereocenters. The second kappa shape index (κ2) is 9.42. The van der Waals surface area contributed by atoms with Gasteiger partial charge in [0.1, 0.15) is 36.6 Å². The highest BCUT2D eigenvalue weighted by molar-refractivity contribution is 5.66. The van der Waals surface area contributed by atoms with Crippen molar-refractivity contribution in [2.45, 2.75) is 13.0 Å². The summed E-state index contributed by atoms with van der Waals surface area (Å²) in [5.74, 6) is 2.03. The Labute approximate surface area is 141 Å². The van der Waals surface area contributed by atoms with Gasteiger partial charge in [-0.05, 0) is 43.3 Å². The van der Waals surface area contributed by atoms with Crippen LogP contribution in [-0.4, -0.2) is 37.1 Å². The van der Waals surface area contributed by atoms with Crippen LogP contribution in [0, 0.1) is 0 Å². The number of rotatable bonds is 8. The lowest BCUT2D eigenvalue weighted by molar-refractivity contribution is 0.0391. The molecule has 2 aromatic rings. The fraction of sp³-hybridized carbons (Fsp3) is 0.278. The number of carbonyl (C=O) groups is 1. The summed E-state index contributed by atoms with van der Waals surface area (Å²) in [7, 11) is 0. The molecule has 1 atom stereocenters. The third-order valence-electron chi connectivity index (χ3n) is 2.97. The Kier molecular flexibility index (Phi) is 6.91. The summed E-state index contributed by atoms with van der Waals surface area (Å²) in [6.45, 7) is 2.16. The molecule has 2 N–H and O–H groups in total. The summed E-state index contributed by atoms with van der Waals surface area (Å²) in [4.78, 5) is 11.1. The van der Waals surface area contributed by atoms with Crippen molar-refractivity contribution in [2.75, 3.05) is 19.8 Å². The molecule has 128 valence electrons. The average Bonchev–Trinajstić information content (AvgIpc) is 2.60. The van der Waals surface area contributed by atoms with Crippen LogP contribution < -0.4 is 14.8 Å². The lowest BCUT2D eigenvalue weighted by atomic mass is 10.3. The van der Waals surface area contributed by atoms with Crippen molar-refractivity contribution in [3.63, 3.8) is 0 Å². The maximum Gasteiger partial charge on any atom is 0.407 e. The highest BCUT2D eigenvalue weighted by Gasteiger charge is 2.09. The van der Waals surface area contributed by atoms with Crippen LogP contribution >= 0.6 is 0 Å². The fourth-order valence-electron chi connectivity index (χ4n) is 1.84. The van der Waals surface area contributed by atoms with Crippen LogP contribution in [0.25, 0.3) is 0 Å². The molecule has 0 fully saturated rings. The third-order valence-corrected chi connectivity index (χ3v) is 2.97. The molecule has 0 bridgehead atoms. The number of amides is 1. The minimum atomic E-state index is -0.896. The Bertz CT molecular complexity index is 615. The van der Waals surface area contributed by atoms with Gasteiger partial charge < -0.3 is 24.6 Å². The van der Waals surface area contributed by atoms with Gasteiger partial charge in [-0.2, -0.15) is 0 Å². The second-order valence-electron chi connectivity index (χ2n) is 4.98. The van der Waals surface area contributed by atoms with Crippen molar-refractivity contribution in [1.82, 2.24) is 5.32 Å². The molecular formula is C18H21NO5. The van der Waals surface area contributed by atoms with Gasteiger partial charge in [-0.25, -0.2) is 4.79 Å². The van der Waals surface area contributed by atoms with Crippen molar-refractivity contribution in [3.8, 4) is 17.2 Å². The van der Waals surface area contributed by atoms with Gasteiger partial charge in [0.25, 0.3) is 0 Å². The van der Waals surface area contributed by atoms with Crippen molar-refractivity contribution >= 4 is 6.09 Å². The number of benzene rings is 2. The summed E-state index contributed by atoms with van der Waals surface area (Å²) in [5.41, 5.74) is 0. The van der Waals surface area contributed by atoms with Crippen molar-refractivity contribution in [1.29, 1.82) is 0 Å². The summed E-state index contributed by atoms with van der Waals surface area (Å²) < 4.78 is 15.9. The van der Waals surface area contributed by atoms with E-state index in [0.717, 1.165) is 5.75 Å². The molecule has 1 amide bonds. The van der Waals surface area contributed by atoms with Crippen LogP contribution in [0.1, 0.15) is 6.92 Å². The van der Waals surface area contributed by atoms with Crippen molar-refractivity contribution in [3.05, 3.63) is 54.6 Å². The topological polar surface area (TPSA) is 77.0 Å². The summed E-state index contributed by atoms with van der Waals surface area (Å²) in [5, 5.41) is 12.2. The molecule has 24 heavy (non-hydrogen) atoms. The van der Waals surface area contributed by atoms with Crippen LogP contribution in [0.3, 0.4) is 0 Å². The van der Waals surface area contributed by atoms with Crippen LogP contribution in [0.15, 0.2) is 54.6 Å². The molecule has 0 spiro atoms. The molecule has 0 saturated heterocycles. The summed E-state index contributed by atoms with van der Waals surface area (Å²) >= 11 is 0. The lowest BCUT2D eigenvalue weighted by Crippen LogP contribution is -2.30. The lowest BCUT2D eigenvalue weighted by Gasteiger charge is -2.13. The van der Waals surface area contributed by atoms with Gasteiger partial charge in [-0.15, -0.1) is 0 Å². The Morgan fingerprint density at radius 3 is 2.29 bits per heavy atom. The van der Waals surface area contributed by atoms with E-state index < -0.39 is 12.2 Å². The molecule has 2 rings (SSSR count). The largest absolute Gasteiger partial charge is 0.491 e. The van der Waals surface area contributed by atoms with E-state index in [-0.39, 0.29) is 13.2 Å². The van der Waals surface area contributed by atoms with Crippen LogP contribution in [0.5, 0.6) is 17.2 Å². The molecule has 6 heteroatoms. The van der Waals surface area contributed by atoms with Gasteiger partial charge in [-0.1, -0.05) is 18.2 Å². The first-order chi connectivity index (χ1) is 11.7. The fourth-order valence-corrected chi connectivity index (χ4v) is 1.84. The summed E-state index contributed by atoms with van der Waals surface area (Å²) in [6, 6.07) is 16.5. The molecule has 0 heterocycles. The first kappa shape index (κ1) is 17.6. The minimum Gasteiger partial charge on any atom is -0.491 e. The highest BCUT2D eigenvalue weighted by Crippen LogP contribution is 2.23. The van der Waals surface area contributed by atoms with E-state index in [0.29, 0.717) is 18.0 Å². The minimum absolute atomic E-state index is 0.0261. The van der Waals surface area contributed by atoms with E-state index in [2.05, 4.69) is 5.32 Å². The number of carbonyl (C=O) groups excluding carboxylic acids is 1. The highest BCUT2D eigenvalue weighted by atomic mass is 16.6. The molecule has 0 aliphatic heterocycles. The van der Waals surface area contributed by atoms with Crippen LogP contribution in [0.4, 0.5) is 4.79 Å². The van der Waals surface area contributed by atoms with Gasteiger partial charge in [0.2, 0.25) is 0 Å². The Hall–Kier alpha value is -2.73. The maximum absolute atomic E-state index is 11.1. The zero-order chi connectivity index (χ0) is 17.2. The van der Waals surface area contributed by atoms with E-state index >= 15 is 0 Å². The average molecular weight is 331 g/mol. The SMILES string of the molecule is CCNC(=O)OC[C@@H](O)COc1ccc(Oc2ccccc2)cc1. The zero-order valence-corrected chi connectivity index (χ0v) is 13.5. The van der Waals surface area contributed by atoms with Gasteiger partial charge in [-0.3, -0.25) is 0 Å². The number of aliphatic hydroxyl groups is 1.